The van der Waals surface area contributed by atoms with Crippen molar-refractivity contribution < 1.29 is 9.47 Å². The van der Waals surface area contributed by atoms with Crippen LogP contribution < -0.4 is 15.2 Å². The zero-order valence-corrected chi connectivity index (χ0v) is 12.5. The molecule has 1 atom stereocenters. The van der Waals surface area contributed by atoms with Gasteiger partial charge >= 0.3 is 0 Å². The Kier molecular flexibility index (Phi) is 3.84. The summed E-state index contributed by atoms with van der Waals surface area (Å²) >= 11 is 0. The number of hydrogen-bond acceptors (Lipinski definition) is 4. The minimum Gasteiger partial charge on any atom is -0.497 e. The van der Waals surface area contributed by atoms with E-state index in [1.54, 1.807) is 7.11 Å². The van der Waals surface area contributed by atoms with Crippen LogP contribution in [-0.4, -0.2) is 16.7 Å². The van der Waals surface area contributed by atoms with Crippen molar-refractivity contribution in [2.75, 3.05) is 7.11 Å². The van der Waals surface area contributed by atoms with Gasteiger partial charge in [0.05, 0.1) is 25.3 Å². The van der Waals surface area contributed by atoms with Crippen molar-refractivity contribution in [1.29, 1.82) is 0 Å². The summed E-state index contributed by atoms with van der Waals surface area (Å²) in [5.74, 6) is 1.54. The zero-order valence-electron chi connectivity index (χ0n) is 12.5. The molecule has 1 aliphatic rings. The van der Waals surface area contributed by atoms with Crippen molar-refractivity contribution in [1.82, 2.24) is 9.55 Å². The van der Waals surface area contributed by atoms with Gasteiger partial charge in [-0.3, -0.25) is 0 Å². The molecule has 1 aliphatic carbocycles. The van der Waals surface area contributed by atoms with Gasteiger partial charge < -0.3 is 19.8 Å². The van der Waals surface area contributed by atoms with Crippen LogP contribution in [0.15, 0.2) is 30.7 Å². The quantitative estimate of drug-likeness (QED) is 0.887. The molecule has 1 fully saturated rings. The molecule has 112 valence electrons. The van der Waals surface area contributed by atoms with Crippen LogP contribution in [0.5, 0.6) is 11.5 Å². The third-order valence-corrected chi connectivity index (χ3v) is 3.77. The highest BCUT2D eigenvalue weighted by atomic mass is 16.5. The Hall–Kier alpha value is -2.01. The number of imidazole rings is 1. The van der Waals surface area contributed by atoms with Crippen molar-refractivity contribution >= 4 is 0 Å². The first-order chi connectivity index (χ1) is 10.2. The molecule has 1 aromatic heterocycles. The van der Waals surface area contributed by atoms with E-state index in [4.69, 9.17) is 15.2 Å². The Labute approximate surface area is 124 Å². The number of nitrogens with two attached hydrogens (primary N) is 1. The summed E-state index contributed by atoms with van der Waals surface area (Å²) in [7, 11) is 1.65. The van der Waals surface area contributed by atoms with E-state index in [0.717, 1.165) is 22.8 Å². The van der Waals surface area contributed by atoms with Gasteiger partial charge in [-0.2, -0.15) is 0 Å². The highest BCUT2D eigenvalue weighted by Gasteiger charge is 2.25. The minimum atomic E-state index is -0.0840. The number of benzene rings is 1. The van der Waals surface area contributed by atoms with E-state index >= 15 is 0 Å². The number of ether oxygens (including phenoxy) is 2. The maximum atomic E-state index is 6.00. The molecule has 1 saturated carbocycles. The largest absolute Gasteiger partial charge is 0.497 e. The van der Waals surface area contributed by atoms with Gasteiger partial charge in [-0.15, -0.1) is 0 Å². The first-order valence-electron chi connectivity index (χ1n) is 7.26. The first-order valence-corrected chi connectivity index (χ1v) is 7.26. The molecule has 1 heterocycles. The van der Waals surface area contributed by atoms with Crippen LogP contribution >= 0.6 is 0 Å². The maximum Gasteiger partial charge on any atom is 0.130 e. The summed E-state index contributed by atoms with van der Waals surface area (Å²) in [5.41, 5.74) is 8.08. The standard InChI is InChI=1S/C16H21N3O2/c1-11(17)15-6-5-14(20-2)7-16(15)21-9-13-8-18-10-19(13)12-3-4-12/h5-8,10-12H,3-4,9,17H2,1-2H3/t11-/m0/s1. The van der Waals surface area contributed by atoms with Crippen LogP contribution in [0, 0.1) is 0 Å². The lowest BCUT2D eigenvalue weighted by molar-refractivity contribution is 0.288. The molecule has 2 aromatic rings. The fourth-order valence-electron chi connectivity index (χ4n) is 2.42. The average molecular weight is 287 g/mol. The maximum absolute atomic E-state index is 6.00. The summed E-state index contributed by atoms with van der Waals surface area (Å²) in [6, 6.07) is 6.26. The lowest BCUT2D eigenvalue weighted by Crippen LogP contribution is -2.09. The molecule has 5 nitrogen and oxygen atoms in total. The molecule has 0 aliphatic heterocycles. The van der Waals surface area contributed by atoms with Crippen LogP contribution in [0.25, 0.3) is 0 Å². The van der Waals surface area contributed by atoms with Gasteiger partial charge in [0, 0.05) is 23.7 Å². The fourth-order valence-corrected chi connectivity index (χ4v) is 2.42. The van der Waals surface area contributed by atoms with E-state index in [2.05, 4.69) is 9.55 Å². The Balaban J connectivity index is 1.78. The third-order valence-electron chi connectivity index (χ3n) is 3.77. The van der Waals surface area contributed by atoms with Crippen LogP contribution in [0.2, 0.25) is 0 Å². The summed E-state index contributed by atoms with van der Waals surface area (Å²) < 4.78 is 13.4. The summed E-state index contributed by atoms with van der Waals surface area (Å²) in [4.78, 5) is 4.22. The first kappa shape index (κ1) is 13.9. The molecule has 0 radical (unpaired) electrons. The number of nitrogens with zero attached hydrogens (tertiary/aromatic N) is 2. The highest BCUT2D eigenvalue weighted by molar-refractivity contribution is 5.42. The molecule has 21 heavy (non-hydrogen) atoms. The molecule has 1 aromatic carbocycles. The van der Waals surface area contributed by atoms with Crippen molar-refractivity contribution in [3.63, 3.8) is 0 Å². The van der Waals surface area contributed by atoms with Gasteiger partial charge in [-0.1, -0.05) is 6.07 Å². The van der Waals surface area contributed by atoms with E-state index < -0.39 is 0 Å². The number of hydrogen-bond donors (Lipinski definition) is 1. The third kappa shape index (κ3) is 3.03. The Morgan fingerprint density at radius 3 is 2.90 bits per heavy atom. The predicted molar refractivity (Wildman–Crippen MR) is 80.4 cm³/mol. The van der Waals surface area contributed by atoms with E-state index in [1.807, 2.05) is 37.6 Å². The van der Waals surface area contributed by atoms with Crippen LogP contribution in [0.3, 0.4) is 0 Å². The lowest BCUT2D eigenvalue weighted by atomic mass is 10.1. The Morgan fingerprint density at radius 1 is 1.43 bits per heavy atom. The summed E-state index contributed by atoms with van der Waals surface area (Å²) in [6.07, 6.45) is 6.21. The fraction of sp³-hybridized carbons (Fsp3) is 0.438. The second-order valence-electron chi connectivity index (χ2n) is 5.50. The lowest BCUT2D eigenvalue weighted by Gasteiger charge is -2.16. The molecular weight excluding hydrogens is 266 g/mol. The second kappa shape index (κ2) is 5.77. The summed E-state index contributed by atoms with van der Waals surface area (Å²) in [5, 5.41) is 0. The molecular formula is C16H21N3O2. The molecule has 0 unspecified atom stereocenters. The average Bonchev–Trinajstić information content (AvgIpc) is 3.23. The molecule has 2 N–H and O–H groups in total. The van der Waals surface area contributed by atoms with Crippen LogP contribution in [0.4, 0.5) is 0 Å². The number of aromatic nitrogens is 2. The monoisotopic (exact) mass is 287 g/mol. The normalized spacial score (nSPS) is 15.8. The van der Waals surface area contributed by atoms with E-state index in [1.165, 1.54) is 12.8 Å². The number of methoxy groups -OCH3 is 1. The molecule has 5 heteroatoms. The van der Waals surface area contributed by atoms with Crippen molar-refractivity contribution in [2.24, 2.45) is 5.73 Å². The molecule has 0 bridgehead atoms. The van der Waals surface area contributed by atoms with Gasteiger partial charge in [-0.05, 0) is 25.8 Å². The van der Waals surface area contributed by atoms with Gasteiger partial charge in [0.2, 0.25) is 0 Å². The Bertz CT molecular complexity index is 618. The summed E-state index contributed by atoms with van der Waals surface area (Å²) in [6.45, 7) is 2.44. The molecule has 3 rings (SSSR count). The van der Waals surface area contributed by atoms with Crippen molar-refractivity contribution in [3.05, 3.63) is 42.0 Å². The zero-order chi connectivity index (χ0) is 14.8. The SMILES string of the molecule is COc1ccc([C@H](C)N)c(OCc2cncn2C2CC2)c1. The second-order valence-corrected chi connectivity index (χ2v) is 5.50. The molecule has 0 amide bonds. The van der Waals surface area contributed by atoms with Gasteiger partial charge in [-0.25, -0.2) is 4.98 Å². The topological polar surface area (TPSA) is 62.3 Å². The smallest absolute Gasteiger partial charge is 0.130 e. The minimum absolute atomic E-state index is 0.0840. The van der Waals surface area contributed by atoms with Crippen molar-refractivity contribution in [2.45, 2.75) is 38.5 Å². The number of rotatable bonds is 6. The van der Waals surface area contributed by atoms with E-state index in [-0.39, 0.29) is 6.04 Å². The molecule has 0 spiro atoms. The van der Waals surface area contributed by atoms with Gasteiger partial charge in [0.25, 0.3) is 0 Å². The van der Waals surface area contributed by atoms with E-state index in [9.17, 15) is 0 Å². The van der Waals surface area contributed by atoms with Crippen LogP contribution in [0.1, 0.15) is 43.1 Å². The highest BCUT2D eigenvalue weighted by Crippen LogP contribution is 2.36. The van der Waals surface area contributed by atoms with Crippen LogP contribution in [-0.2, 0) is 6.61 Å². The van der Waals surface area contributed by atoms with E-state index in [0.29, 0.717) is 12.6 Å². The van der Waals surface area contributed by atoms with Gasteiger partial charge in [0.15, 0.2) is 0 Å². The predicted octanol–water partition coefficient (Wildman–Crippen LogP) is 2.83. The molecule has 0 saturated heterocycles. The van der Waals surface area contributed by atoms with Crippen molar-refractivity contribution in [3.8, 4) is 11.5 Å². The van der Waals surface area contributed by atoms with Gasteiger partial charge in [0.1, 0.15) is 18.1 Å². The Morgan fingerprint density at radius 2 is 2.24 bits per heavy atom.